The molecule has 122 valence electrons. The van der Waals surface area contributed by atoms with E-state index in [9.17, 15) is 14.7 Å². The van der Waals surface area contributed by atoms with Crippen molar-refractivity contribution in [3.05, 3.63) is 23.8 Å². The molecule has 0 saturated heterocycles. The molecular formula is C15H21NO6. The highest BCUT2D eigenvalue weighted by molar-refractivity contribution is 5.95. The molecule has 1 aromatic rings. The first-order valence-corrected chi connectivity index (χ1v) is 6.76. The predicted molar refractivity (Wildman–Crippen MR) is 79.4 cm³/mol. The fraction of sp³-hybridized carbons (Fsp3) is 0.467. The van der Waals surface area contributed by atoms with Crippen molar-refractivity contribution in [1.29, 1.82) is 0 Å². The number of benzene rings is 1. The number of carbonyl (C=O) groups excluding carboxylic acids is 1. The van der Waals surface area contributed by atoms with Crippen LogP contribution in [0.15, 0.2) is 18.2 Å². The van der Waals surface area contributed by atoms with E-state index in [1.54, 1.807) is 6.07 Å². The average molecular weight is 311 g/mol. The van der Waals surface area contributed by atoms with Gasteiger partial charge in [0.1, 0.15) is 0 Å². The van der Waals surface area contributed by atoms with E-state index in [0.717, 1.165) is 6.92 Å². The van der Waals surface area contributed by atoms with E-state index in [1.807, 2.05) is 13.8 Å². The molecule has 1 atom stereocenters. The predicted octanol–water partition coefficient (Wildman–Crippen LogP) is 1.05. The van der Waals surface area contributed by atoms with Crippen LogP contribution in [0, 0.1) is 0 Å². The third-order valence-electron chi connectivity index (χ3n) is 2.84. The van der Waals surface area contributed by atoms with Crippen LogP contribution in [0.4, 0.5) is 0 Å². The van der Waals surface area contributed by atoms with Crippen molar-refractivity contribution in [2.24, 2.45) is 0 Å². The van der Waals surface area contributed by atoms with Crippen LogP contribution in [-0.2, 0) is 4.79 Å². The first kappa shape index (κ1) is 17.8. The SMILES string of the molecule is COc1cc(C(=O)NCC(C)(O)C(=O)O)ccc1OC(C)C. The van der Waals surface area contributed by atoms with Crippen molar-refractivity contribution >= 4 is 11.9 Å². The smallest absolute Gasteiger partial charge is 0.337 e. The number of nitrogens with one attached hydrogen (secondary N) is 1. The lowest BCUT2D eigenvalue weighted by molar-refractivity contribution is -0.155. The molecule has 0 aliphatic rings. The van der Waals surface area contributed by atoms with Gasteiger partial charge in [-0.05, 0) is 39.0 Å². The summed E-state index contributed by atoms with van der Waals surface area (Å²) >= 11 is 0. The maximum Gasteiger partial charge on any atom is 0.337 e. The van der Waals surface area contributed by atoms with E-state index in [-0.39, 0.29) is 11.7 Å². The minimum absolute atomic E-state index is 0.0424. The van der Waals surface area contributed by atoms with Gasteiger partial charge in [-0.25, -0.2) is 4.79 Å². The summed E-state index contributed by atoms with van der Waals surface area (Å²) in [4.78, 5) is 22.8. The van der Waals surface area contributed by atoms with Crippen LogP contribution in [0.3, 0.4) is 0 Å². The van der Waals surface area contributed by atoms with Crippen molar-refractivity contribution in [3.8, 4) is 11.5 Å². The Bertz CT molecular complexity index is 553. The van der Waals surface area contributed by atoms with Gasteiger partial charge in [0, 0.05) is 5.56 Å². The number of carbonyl (C=O) groups is 2. The molecule has 0 spiro atoms. The number of rotatable bonds is 7. The van der Waals surface area contributed by atoms with Crippen molar-refractivity contribution in [2.45, 2.75) is 32.5 Å². The Morgan fingerprint density at radius 3 is 2.45 bits per heavy atom. The van der Waals surface area contributed by atoms with Gasteiger partial charge >= 0.3 is 5.97 Å². The molecule has 0 aromatic heterocycles. The summed E-state index contributed by atoms with van der Waals surface area (Å²) in [6.07, 6.45) is -0.0424. The monoisotopic (exact) mass is 311 g/mol. The summed E-state index contributed by atoms with van der Waals surface area (Å²) < 4.78 is 10.7. The molecule has 1 unspecified atom stereocenters. The Labute approximate surface area is 128 Å². The third kappa shape index (κ3) is 4.63. The number of carboxylic acid groups (broad SMARTS) is 1. The minimum Gasteiger partial charge on any atom is -0.493 e. The van der Waals surface area contributed by atoms with Gasteiger partial charge < -0.3 is 25.0 Å². The maximum atomic E-state index is 12.0. The van der Waals surface area contributed by atoms with E-state index in [4.69, 9.17) is 14.6 Å². The standard InChI is InChI=1S/C15H21NO6/c1-9(2)22-11-6-5-10(7-12(11)21-4)13(17)16-8-15(3,20)14(18)19/h5-7,9,20H,8H2,1-4H3,(H,16,17)(H,18,19). The lowest BCUT2D eigenvalue weighted by Crippen LogP contribution is -2.46. The van der Waals surface area contributed by atoms with Gasteiger partial charge in [-0.1, -0.05) is 0 Å². The number of aliphatic carboxylic acids is 1. The van der Waals surface area contributed by atoms with Gasteiger partial charge in [0.05, 0.1) is 19.8 Å². The number of aliphatic hydroxyl groups is 1. The van der Waals surface area contributed by atoms with Crippen molar-refractivity contribution < 1.29 is 29.3 Å². The fourth-order valence-electron chi connectivity index (χ4n) is 1.59. The van der Waals surface area contributed by atoms with E-state index < -0.39 is 24.0 Å². The number of methoxy groups -OCH3 is 1. The molecule has 0 aliphatic heterocycles. The Kier molecular flexibility index (Phi) is 5.76. The first-order valence-electron chi connectivity index (χ1n) is 6.76. The highest BCUT2D eigenvalue weighted by atomic mass is 16.5. The highest BCUT2D eigenvalue weighted by Gasteiger charge is 2.30. The van der Waals surface area contributed by atoms with Crippen LogP contribution in [0.1, 0.15) is 31.1 Å². The van der Waals surface area contributed by atoms with Crippen LogP contribution in [-0.4, -0.2) is 47.4 Å². The average Bonchev–Trinajstić information content (AvgIpc) is 2.44. The van der Waals surface area contributed by atoms with Gasteiger partial charge in [0.2, 0.25) is 0 Å². The molecular weight excluding hydrogens is 290 g/mol. The number of carboxylic acids is 1. The van der Waals surface area contributed by atoms with Crippen LogP contribution in [0.2, 0.25) is 0 Å². The van der Waals surface area contributed by atoms with Crippen molar-refractivity contribution in [2.75, 3.05) is 13.7 Å². The zero-order valence-corrected chi connectivity index (χ0v) is 13.0. The molecule has 0 aliphatic carbocycles. The largest absolute Gasteiger partial charge is 0.493 e. The van der Waals surface area contributed by atoms with E-state index in [2.05, 4.69) is 5.32 Å². The summed E-state index contributed by atoms with van der Waals surface area (Å²) in [7, 11) is 1.46. The van der Waals surface area contributed by atoms with Crippen LogP contribution >= 0.6 is 0 Å². The van der Waals surface area contributed by atoms with Gasteiger partial charge in [0.25, 0.3) is 5.91 Å². The zero-order valence-electron chi connectivity index (χ0n) is 13.0. The van der Waals surface area contributed by atoms with Gasteiger partial charge in [-0.15, -0.1) is 0 Å². The molecule has 0 radical (unpaired) electrons. The Hall–Kier alpha value is -2.28. The highest BCUT2D eigenvalue weighted by Crippen LogP contribution is 2.28. The molecule has 1 aromatic carbocycles. The van der Waals surface area contributed by atoms with Crippen LogP contribution in [0.25, 0.3) is 0 Å². The summed E-state index contributed by atoms with van der Waals surface area (Å²) in [5.41, 5.74) is -1.75. The molecule has 0 saturated carbocycles. The Morgan fingerprint density at radius 2 is 1.95 bits per heavy atom. The molecule has 0 bridgehead atoms. The Morgan fingerprint density at radius 1 is 1.32 bits per heavy atom. The number of amides is 1. The minimum atomic E-state index is -2.03. The summed E-state index contributed by atoms with van der Waals surface area (Å²) in [6.45, 7) is 4.44. The maximum absolute atomic E-state index is 12.0. The van der Waals surface area contributed by atoms with Gasteiger partial charge in [-0.3, -0.25) is 4.79 Å². The number of hydrogen-bond acceptors (Lipinski definition) is 5. The molecule has 7 nitrogen and oxygen atoms in total. The van der Waals surface area contributed by atoms with Crippen LogP contribution in [0.5, 0.6) is 11.5 Å². The second-order valence-electron chi connectivity index (χ2n) is 5.29. The molecule has 0 fully saturated rings. The van der Waals surface area contributed by atoms with Crippen LogP contribution < -0.4 is 14.8 Å². The molecule has 3 N–H and O–H groups in total. The summed E-state index contributed by atoms with van der Waals surface area (Å²) in [5.74, 6) is -1.03. The second kappa shape index (κ2) is 7.13. The molecule has 22 heavy (non-hydrogen) atoms. The van der Waals surface area contributed by atoms with Crippen molar-refractivity contribution in [3.63, 3.8) is 0 Å². The van der Waals surface area contributed by atoms with E-state index in [0.29, 0.717) is 11.5 Å². The first-order chi connectivity index (χ1) is 10.2. The summed E-state index contributed by atoms with van der Waals surface area (Å²) in [6, 6.07) is 4.62. The lowest BCUT2D eigenvalue weighted by atomic mass is 10.1. The molecule has 7 heteroatoms. The number of hydrogen-bond donors (Lipinski definition) is 3. The van der Waals surface area contributed by atoms with Gasteiger partial charge in [0.15, 0.2) is 17.1 Å². The molecule has 0 heterocycles. The quantitative estimate of drug-likeness (QED) is 0.695. The normalized spacial score (nSPS) is 13.4. The number of ether oxygens (including phenoxy) is 2. The molecule has 1 rings (SSSR count). The van der Waals surface area contributed by atoms with Gasteiger partial charge in [-0.2, -0.15) is 0 Å². The third-order valence-corrected chi connectivity index (χ3v) is 2.84. The van der Waals surface area contributed by atoms with Crippen molar-refractivity contribution in [1.82, 2.24) is 5.32 Å². The summed E-state index contributed by atoms with van der Waals surface area (Å²) in [5, 5.41) is 20.7. The topological polar surface area (TPSA) is 105 Å². The Balaban J connectivity index is 2.84. The second-order valence-corrected chi connectivity index (χ2v) is 5.29. The van der Waals surface area contributed by atoms with E-state index >= 15 is 0 Å². The fourth-order valence-corrected chi connectivity index (χ4v) is 1.59. The zero-order chi connectivity index (χ0) is 16.9. The molecule has 1 amide bonds. The lowest BCUT2D eigenvalue weighted by Gasteiger charge is -2.18. The van der Waals surface area contributed by atoms with E-state index in [1.165, 1.54) is 19.2 Å².